The van der Waals surface area contributed by atoms with Crippen LogP contribution in [0.4, 0.5) is 0 Å². The van der Waals surface area contributed by atoms with Gasteiger partial charge in [0.25, 0.3) is 10.0 Å². The lowest BCUT2D eigenvalue weighted by Gasteiger charge is -2.03. The maximum Gasteiger partial charge on any atom is 0.337 e. The van der Waals surface area contributed by atoms with Crippen LogP contribution >= 0.6 is 11.3 Å². The van der Waals surface area contributed by atoms with Gasteiger partial charge in [-0.05, 0) is 37.3 Å². The third-order valence-corrected chi connectivity index (χ3v) is 6.37. The molecule has 0 aliphatic rings. The van der Waals surface area contributed by atoms with Crippen LogP contribution in [0.25, 0.3) is 10.2 Å². The zero-order valence-corrected chi connectivity index (χ0v) is 16.5. The number of aryl methyl sites for hydroxylation is 1. The first-order valence-corrected chi connectivity index (χ1v) is 10.3. The highest BCUT2D eigenvalue weighted by Crippen LogP contribution is 2.21. The molecule has 0 aliphatic carbocycles. The van der Waals surface area contributed by atoms with E-state index in [1.165, 1.54) is 30.6 Å². The largest absolute Gasteiger partial charge is 0.465 e. The van der Waals surface area contributed by atoms with Gasteiger partial charge in [0.1, 0.15) is 0 Å². The summed E-state index contributed by atoms with van der Waals surface area (Å²) in [6, 6.07) is 11.6. The van der Waals surface area contributed by atoms with Crippen LogP contribution in [0.15, 0.2) is 64.4 Å². The van der Waals surface area contributed by atoms with E-state index in [-0.39, 0.29) is 4.90 Å². The summed E-state index contributed by atoms with van der Waals surface area (Å²) in [6.45, 7) is 6.00. The van der Waals surface area contributed by atoms with Gasteiger partial charge in [-0.15, -0.1) is 11.0 Å². The highest BCUT2D eigenvalue weighted by molar-refractivity contribution is 7.90. The van der Waals surface area contributed by atoms with Gasteiger partial charge in [0.15, 0.2) is 0 Å². The molecule has 0 atom stereocenters. The van der Waals surface area contributed by atoms with Crippen molar-refractivity contribution < 1.29 is 17.9 Å². The summed E-state index contributed by atoms with van der Waals surface area (Å²) in [7, 11) is -2.55. The second kappa shape index (κ2) is 7.50. The Bertz CT molecular complexity index is 1190. The van der Waals surface area contributed by atoms with Gasteiger partial charge < -0.3 is 9.30 Å². The van der Waals surface area contributed by atoms with Crippen molar-refractivity contribution >= 4 is 37.5 Å². The van der Waals surface area contributed by atoms with Gasteiger partial charge >= 0.3 is 5.97 Å². The van der Waals surface area contributed by atoms with E-state index in [2.05, 4.69) is 11.0 Å². The number of ether oxygens (including phenoxy) is 1. The van der Waals surface area contributed by atoms with Crippen molar-refractivity contribution in [2.24, 2.45) is 4.40 Å². The lowest BCUT2D eigenvalue weighted by molar-refractivity contribution is 0.0601. The number of allylic oxidation sites excluding steroid dienone is 1. The Morgan fingerprint density at radius 3 is 2.59 bits per heavy atom. The smallest absolute Gasteiger partial charge is 0.337 e. The van der Waals surface area contributed by atoms with Gasteiger partial charge in [-0.2, -0.15) is 8.42 Å². The number of nitrogens with zero attached hydrogens (tertiary/aromatic N) is 2. The summed E-state index contributed by atoms with van der Waals surface area (Å²) in [5.41, 5.74) is 2.13. The maximum atomic E-state index is 12.7. The molecule has 3 aromatic rings. The van der Waals surface area contributed by atoms with Crippen LogP contribution in [0, 0.1) is 6.92 Å². The molecule has 0 spiro atoms. The minimum absolute atomic E-state index is 0.131. The molecule has 0 saturated carbocycles. The summed E-state index contributed by atoms with van der Waals surface area (Å²) < 4.78 is 36.6. The molecule has 0 fully saturated rings. The van der Waals surface area contributed by atoms with Crippen LogP contribution < -0.4 is 4.80 Å². The minimum Gasteiger partial charge on any atom is -0.465 e. The number of hydrogen-bond donors (Lipinski definition) is 0. The predicted molar refractivity (Wildman–Crippen MR) is 105 cm³/mol. The fraction of sp³-hybridized carbons (Fsp3) is 0.158. The van der Waals surface area contributed by atoms with E-state index in [0.29, 0.717) is 16.9 Å². The number of sulfonamides is 1. The Hall–Kier alpha value is -2.71. The second-order valence-electron chi connectivity index (χ2n) is 5.84. The molecule has 6 nitrogen and oxygen atoms in total. The first kappa shape index (κ1) is 19.1. The van der Waals surface area contributed by atoms with Crippen LogP contribution in [0.2, 0.25) is 0 Å². The van der Waals surface area contributed by atoms with E-state index in [1.807, 2.05) is 6.92 Å². The molecule has 0 aliphatic heterocycles. The van der Waals surface area contributed by atoms with Gasteiger partial charge in [-0.1, -0.05) is 35.1 Å². The van der Waals surface area contributed by atoms with Crippen molar-refractivity contribution in [3.05, 3.63) is 71.0 Å². The average molecular weight is 402 g/mol. The zero-order valence-electron chi connectivity index (χ0n) is 14.9. The Morgan fingerprint density at radius 2 is 1.96 bits per heavy atom. The van der Waals surface area contributed by atoms with Gasteiger partial charge in [-0.3, -0.25) is 0 Å². The summed E-state index contributed by atoms with van der Waals surface area (Å²) in [6.07, 6.45) is 1.66. The normalized spacial score (nSPS) is 12.3. The molecule has 0 unspecified atom stereocenters. The molecule has 1 aromatic heterocycles. The summed E-state index contributed by atoms with van der Waals surface area (Å²) in [5, 5.41) is 0. The molecule has 0 N–H and O–H groups in total. The van der Waals surface area contributed by atoms with Crippen LogP contribution in [-0.4, -0.2) is 26.1 Å². The summed E-state index contributed by atoms with van der Waals surface area (Å²) in [5.74, 6) is -0.452. The number of methoxy groups -OCH3 is 1. The third-order valence-electron chi connectivity index (χ3n) is 3.93. The molecule has 27 heavy (non-hydrogen) atoms. The molecule has 3 rings (SSSR count). The number of carbonyl (C=O) groups excluding carboxylic acids is 1. The average Bonchev–Trinajstić information content (AvgIpc) is 2.97. The van der Waals surface area contributed by atoms with Crippen molar-refractivity contribution in [3.63, 3.8) is 0 Å². The molecule has 0 saturated heterocycles. The number of rotatable bonds is 5. The van der Waals surface area contributed by atoms with E-state index in [1.54, 1.807) is 41.0 Å². The number of benzene rings is 2. The zero-order chi connectivity index (χ0) is 19.6. The number of carbonyl (C=O) groups is 1. The molecule has 1 heterocycles. The number of fused-ring (bicyclic) bond motifs is 1. The van der Waals surface area contributed by atoms with E-state index in [4.69, 9.17) is 4.74 Å². The van der Waals surface area contributed by atoms with Crippen molar-refractivity contribution in [2.45, 2.75) is 18.4 Å². The predicted octanol–water partition coefficient (Wildman–Crippen LogP) is 3.27. The van der Waals surface area contributed by atoms with Crippen LogP contribution in [0.3, 0.4) is 0 Å². The van der Waals surface area contributed by atoms with Crippen molar-refractivity contribution in [1.82, 2.24) is 4.57 Å². The Labute approximate surface area is 161 Å². The van der Waals surface area contributed by atoms with E-state index >= 15 is 0 Å². The fourth-order valence-electron chi connectivity index (χ4n) is 2.56. The first-order valence-electron chi connectivity index (χ1n) is 8.06. The Balaban J connectivity index is 2.21. The lowest BCUT2D eigenvalue weighted by atomic mass is 10.2. The molecule has 140 valence electrons. The monoisotopic (exact) mass is 402 g/mol. The highest BCUT2D eigenvalue weighted by Gasteiger charge is 2.15. The van der Waals surface area contributed by atoms with Crippen molar-refractivity contribution in [3.8, 4) is 0 Å². The van der Waals surface area contributed by atoms with Gasteiger partial charge in [-0.25, -0.2) is 4.79 Å². The standard InChI is InChI=1S/C19H18N2O4S2/c1-4-11-21-16-10-7-14(18(22)25-3)12-17(16)26-19(21)20-27(23,24)15-8-5-13(2)6-9-15/h4-10,12H,1,11H2,2-3H3. The molecular weight excluding hydrogens is 384 g/mol. The molecule has 0 amide bonds. The highest BCUT2D eigenvalue weighted by atomic mass is 32.2. The number of thiazole rings is 1. The maximum absolute atomic E-state index is 12.7. The van der Waals surface area contributed by atoms with Crippen LogP contribution in [0.1, 0.15) is 15.9 Å². The van der Waals surface area contributed by atoms with E-state index in [9.17, 15) is 13.2 Å². The molecule has 0 radical (unpaired) electrons. The van der Waals surface area contributed by atoms with Gasteiger partial charge in [0, 0.05) is 6.54 Å². The molecule has 8 heteroatoms. The van der Waals surface area contributed by atoms with Gasteiger partial charge in [0.05, 0.1) is 27.8 Å². The topological polar surface area (TPSA) is 77.7 Å². The van der Waals surface area contributed by atoms with E-state index < -0.39 is 16.0 Å². The third kappa shape index (κ3) is 3.86. The summed E-state index contributed by atoms with van der Waals surface area (Å²) >= 11 is 1.19. The first-order chi connectivity index (χ1) is 12.9. The number of hydrogen-bond acceptors (Lipinski definition) is 5. The molecule has 0 bridgehead atoms. The Morgan fingerprint density at radius 1 is 1.26 bits per heavy atom. The minimum atomic E-state index is -3.86. The number of aromatic nitrogens is 1. The number of esters is 1. The van der Waals surface area contributed by atoms with Gasteiger partial charge in [0.2, 0.25) is 4.80 Å². The Kier molecular flexibility index (Phi) is 5.29. The van der Waals surface area contributed by atoms with Crippen LogP contribution in [-0.2, 0) is 21.3 Å². The van der Waals surface area contributed by atoms with Crippen molar-refractivity contribution in [2.75, 3.05) is 7.11 Å². The van der Waals surface area contributed by atoms with E-state index in [0.717, 1.165) is 15.8 Å². The summed E-state index contributed by atoms with van der Waals surface area (Å²) in [4.78, 5) is 12.2. The van der Waals surface area contributed by atoms with Crippen molar-refractivity contribution in [1.29, 1.82) is 0 Å². The molecule has 2 aromatic carbocycles. The second-order valence-corrected chi connectivity index (χ2v) is 8.45. The SMILES string of the molecule is C=CCn1c(=NS(=O)(=O)c2ccc(C)cc2)sc2cc(C(=O)OC)ccc21. The lowest BCUT2D eigenvalue weighted by Crippen LogP contribution is -2.16. The molecular formula is C19H18N2O4S2. The quantitative estimate of drug-likeness (QED) is 0.485. The fourth-order valence-corrected chi connectivity index (χ4v) is 4.84. The van der Waals surface area contributed by atoms with Crippen LogP contribution in [0.5, 0.6) is 0 Å².